The van der Waals surface area contributed by atoms with Crippen molar-refractivity contribution in [2.24, 2.45) is 0 Å². The minimum absolute atomic E-state index is 0.574. The Morgan fingerprint density at radius 3 is 2.79 bits per heavy atom. The molecule has 8 heteroatoms. The van der Waals surface area contributed by atoms with Crippen molar-refractivity contribution in [2.75, 3.05) is 25.2 Å². The number of imidazole rings is 1. The minimum atomic E-state index is 0.574. The Morgan fingerprint density at radius 2 is 1.91 bits per heavy atom. The summed E-state index contributed by atoms with van der Waals surface area (Å²) in [5.41, 5.74) is 6.18. The molecule has 1 N–H and O–H groups in total. The maximum absolute atomic E-state index is 6.11. The average Bonchev–Trinajstić information content (AvgIpc) is 3.09. The second-order valence-electron chi connectivity index (χ2n) is 8.32. The van der Waals surface area contributed by atoms with Crippen LogP contribution >= 0.6 is 15.9 Å². The Hall–Kier alpha value is -3.65. The molecule has 0 aliphatic carbocycles. The number of nitrogens with zero attached hydrogens (tertiary/aromatic N) is 4. The highest BCUT2D eigenvalue weighted by molar-refractivity contribution is 9.10. The third kappa shape index (κ3) is 3.54. The topological polar surface area (TPSA) is 76.2 Å². The van der Waals surface area contributed by atoms with Crippen molar-refractivity contribution >= 4 is 43.7 Å². The lowest BCUT2D eigenvalue weighted by Crippen LogP contribution is -2.26. The van der Waals surface area contributed by atoms with Crippen LogP contribution in [-0.4, -0.2) is 40.2 Å². The zero-order chi connectivity index (χ0) is 23.2. The van der Waals surface area contributed by atoms with Gasteiger partial charge in [-0.2, -0.15) is 0 Å². The molecule has 0 spiro atoms. The number of aryl methyl sites for hydroxylation is 1. The predicted octanol–water partition coefficient (Wildman–Crippen LogP) is 5.65. The number of nitrogens with one attached hydrogen (secondary N) is 1. The van der Waals surface area contributed by atoms with Crippen molar-refractivity contribution in [2.45, 2.75) is 13.5 Å². The Kier molecular flexibility index (Phi) is 5.10. The van der Waals surface area contributed by atoms with Gasteiger partial charge in [-0.25, -0.2) is 15.0 Å². The molecule has 34 heavy (non-hydrogen) atoms. The molecule has 6 rings (SSSR count). The van der Waals surface area contributed by atoms with Crippen LogP contribution in [0.2, 0.25) is 0 Å². The SMILES string of the molecule is COc1c(Br)ccc2c(N3CCOc4ccc(-c5ccc6nc(C)[nH]c6c5)cc4C3)ncnc12. The fourth-order valence-electron chi connectivity index (χ4n) is 4.58. The third-order valence-electron chi connectivity index (χ3n) is 6.17. The van der Waals surface area contributed by atoms with E-state index in [2.05, 4.69) is 77.2 Å². The maximum Gasteiger partial charge on any atom is 0.159 e. The van der Waals surface area contributed by atoms with Crippen molar-refractivity contribution in [1.82, 2.24) is 19.9 Å². The van der Waals surface area contributed by atoms with E-state index in [0.29, 0.717) is 25.4 Å². The maximum atomic E-state index is 6.11. The smallest absolute Gasteiger partial charge is 0.159 e. The van der Waals surface area contributed by atoms with Gasteiger partial charge in [-0.1, -0.05) is 12.1 Å². The van der Waals surface area contributed by atoms with Gasteiger partial charge in [0.2, 0.25) is 0 Å². The van der Waals surface area contributed by atoms with Crippen LogP contribution in [0.1, 0.15) is 11.4 Å². The molecular formula is C26H22BrN5O2. The quantitative estimate of drug-likeness (QED) is 0.334. The molecule has 0 fully saturated rings. The highest BCUT2D eigenvalue weighted by Crippen LogP contribution is 2.37. The van der Waals surface area contributed by atoms with Crippen molar-refractivity contribution in [3.8, 4) is 22.6 Å². The summed E-state index contributed by atoms with van der Waals surface area (Å²) in [5.74, 6) is 3.40. The normalized spacial score (nSPS) is 13.6. The van der Waals surface area contributed by atoms with E-state index in [1.807, 2.05) is 19.1 Å². The summed E-state index contributed by atoms with van der Waals surface area (Å²) in [4.78, 5) is 19.2. The van der Waals surface area contributed by atoms with Crippen molar-refractivity contribution in [3.05, 3.63) is 70.7 Å². The van der Waals surface area contributed by atoms with Crippen LogP contribution in [-0.2, 0) is 6.54 Å². The summed E-state index contributed by atoms with van der Waals surface area (Å²) in [6.07, 6.45) is 1.59. The van der Waals surface area contributed by atoms with E-state index in [9.17, 15) is 0 Å². The van der Waals surface area contributed by atoms with Gasteiger partial charge < -0.3 is 19.4 Å². The number of methoxy groups -OCH3 is 1. The third-order valence-corrected chi connectivity index (χ3v) is 6.79. The predicted molar refractivity (Wildman–Crippen MR) is 137 cm³/mol. The first-order chi connectivity index (χ1) is 16.6. The molecule has 2 aromatic heterocycles. The number of hydrogen-bond donors (Lipinski definition) is 1. The van der Waals surface area contributed by atoms with Gasteiger partial charge in [0.25, 0.3) is 0 Å². The van der Waals surface area contributed by atoms with Gasteiger partial charge >= 0.3 is 0 Å². The zero-order valence-corrected chi connectivity index (χ0v) is 20.4. The van der Waals surface area contributed by atoms with Gasteiger partial charge in [-0.3, -0.25) is 0 Å². The first-order valence-electron chi connectivity index (χ1n) is 11.1. The molecule has 170 valence electrons. The van der Waals surface area contributed by atoms with E-state index >= 15 is 0 Å². The van der Waals surface area contributed by atoms with E-state index in [-0.39, 0.29) is 0 Å². The van der Waals surface area contributed by atoms with Gasteiger partial charge in [0.1, 0.15) is 35.8 Å². The lowest BCUT2D eigenvalue weighted by molar-refractivity contribution is 0.331. The first-order valence-corrected chi connectivity index (χ1v) is 11.8. The molecule has 0 saturated carbocycles. The van der Waals surface area contributed by atoms with Crippen LogP contribution in [0.25, 0.3) is 33.1 Å². The Balaban J connectivity index is 1.40. The number of anilines is 1. The summed E-state index contributed by atoms with van der Waals surface area (Å²) in [6, 6.07) is 16.7. The van der Waals surface area contributed by atoms with E-state index in [0.717, 1.165) is 60.5 Å². The number of ether oxygens (including phenoxy) is 2. The molecule has 1 aliphatic rings. The second-order valence-corrected chi connectivity index (χ2v) is 9.18. The zero-order valence-electron chi connectivity index (χ0n) is 18.8. The minimum Gasteiger partial charge on any atom is -0.493 e. The molecule has 0 saturated heterocycles. The van der Waals surface area contributed by atoms with Gasteiger partial charge in [-0.05, 0) is 70.4 Å². The van der Waals surface area contributed by atoms with Crippen LogP contribution in [0.5, 0.6) is 11.5 Å². The van der Waals surface area contributed by atoms with Crippen molar-refractivity contribution in [3.63, 3.8) is 0 Å². The van der Waals surface area contributed by atoms with Crippen LogP contribution in [0.3, 0.4) is 0 Å². The first kappa shape index (κ1) is 20.9. The number of aromatic nitrogens is 4. The molecule has 0 atom stereocenters. The van der Waals surface area contributed by atoms with Gasteiger partial charge in [-0.15, -0.1) is 0 Å². The number of fused-ring (bicyclic) bond motifs is 3. The van der Waals surface area contributed by atoms with Gasteiger partial charge in [0.05, 0.1) is 29.2 Å². The van der Waals surface area contributed by atoms with E-state index in [4.69, 9.17) is 9.47 Å². The number of H-pyrrole nitrogens is 1. The lowest BCUT2D eigenvalue weighted by atomic mass is 10.0. The van der Waals surface area contributed by atoms with Gasteiger partial charge in [0.15, 0.2) is 5.75 Å². The van der Waals surface area contributed by atoms with Crippen molar-refractivity contribution in [1.29, 1.82) is 0 Å². The summed E-state index contributed by atoms with van der Waals surface area (Å²) in [5, 5.41) is 0.947. The molecular weight excluding hydrogens is 494 g/mol. The van der Waals surface area contributed by atoms with E-state index in [1.165, 1.54) is 0 Å². The largest absolute Gasteiger partial charge is 0.493 e. The highest BCUT2D eigenvalue weighted by Gasteiger charge is 2.21. The number of rotatable bonds is 3. The Bertz CT molecular complexity index is 1550. The van der Waals surface area contributed by atoms with E-state index < -0.39 is 0 Å². The Morgan fingerprint density at radius 1 is 1.06 bits per heavy atom. The van der Waals surface area contributed by atoms with Crippen LogP contribution in [0.4, 0.5) is 5.82 Å². The number of aromatic amines is 1. The van der Waals surface area contributed by atoms with E-state index in [1.54, 1.807) is 13.4 Å². The molecule has 3 aromatic carbocycles. The van der Waals surface area contributed by atoms with Crippen molar-refractivity contribution < 1.29 is 9.47 Å². The Labute approximate surface area is 204 Å². The number of halogens is 1. The second kappa shape index (κ2) is 8.29. The molecule has 7 nitrogen and oxygen atoms in total. The fourth-order valence-corrected chi connectivity index (χ4v) is 5.07. The summed E-state index contributed by atoms with van der Waals surface area (Å²) < 4.78 is 12.6. The van der Waals surface area contributed by atoms with Crippen LogP contribution in [0.15, 0.2) is 59.3 Å². The molecule has 1 aliphatic heterocycles. The lowest BCUT2D eigenvalue weighted by Gasteiger charge is -2.23. The van der Waals surface area contributed by atoms with Gasteiger partial charge in [0, 0.05) is 17.5 Å². The summed E-state index contributed by atoms with van der Waals surface area (Å²) in [6.45, 7) is 3.94. The molecule has 3 heterocycles. The molecule has 5 aromatic rings. The van der Waals surface area contributed by atoms with Crippen LogP contribution in [0, 0.1) is 6.92 Å². The average molecular weight is 516 g/mol. The van der Waals surface area contributed by atoms with Crippen LogP contribution < -0.4 is 14.4 Å². The molecule has 0 radical (unpaired) electrons. The highest BCUT2D eigenvalue weighted by atomic mass is 79.9. The summed E-state index contributed by atoms with van der Waals surface area (Å²) >= 11 is 3.55. The summed E-state index contributed by atoms with van der Waals surface area (Å²) in [7, 11) is 1.65. The fraction of sp³-hybridized carbons (Fsp3) is 0.192. The monoisotopic (exact) mass is 515 g/mol. The molecule has 0 unspecified atom stereocenters. The number of hydrogen-bond acceptors (Lipinski definition) is 6. The standard InChI is InChI=1S/C26H22BrN5O2/c1-15-30-21-7-3-17(12-22(21)31-15)16-4-8-23-18(11-16)13-32(9-10-34-23)26-19-5-6-20(27)25(33-2)24(19)28-14-29-26/h3-8,11-12,14H,9-10,13H2,1-2H3,(H,30,31). The number of benzene rings is 3. The molecule has 0 bridgehead atoms. The molecule has 0 amide bonds.